The van der Waals surface area contributed by atoms with E-state index in [0.717, 1.165) is 12.1 Å². The third-order valence-corrected chi connectivity index (χ3v) is 3.11. The van der Waals surface area contributed by atoms with Crippen LogP contribution in [-0.2, 0) is 4.79 Å². The lowest BCUT2D eigenvalue weighted by atomic mass is 10.3. The molecule has 1 aromatic carbocycles. The number of nitrogens with zero attached hydrogens (tertiary/aromatic N) is 1. The van der Waals surface area contributed by atoms with E-state index in [9.17, 15) is 4.79 Å². The maximum atomic E-state index is 11.5. The van der Waals surface area contributed by atoms with Crippen molar-refractivity contribution in [3.63, 3.8) is 0 Å². The van der Waals surface area contributed by atoms with Gasteiger partial charge in [0, 0.05) is 17.2 Å². The molecule has 0 saturated carbocycles. The van der Waals surface area contributed by atoms with Gasteiger partial charge in [-0.05, 0) is 38.0 Å². The van der Waals surface area contributed by atoms with Crippen LogP contribution in [0.2, 0.25) is 10.0 Å². The van der Waals surface area contributed by atoms with Gasteiger partial charge in [0.1, 0.15) is 5.75 Å². The number of carbonyl (C=O) groups excluding carboxylic acids is 1. The van der Waals surface area contributed by atoms with E-state index >= 15 is 0 Å². The molecule has 0 fully saturated rings. The van der Waals surface area contributed by atoms with Crippen molar-refractivity contribution in [1.29, 1.82) is 0 Å². The fourth-order valence-electron chi connectivity index (χ4n) is 1.30. The standard InChI is InChI=1S/C14H18Cl2N2O2/c1-3-10(2)17-18-14(19)5-4-8-20-13-7-6-11(15)9-12(13)16/h6-7,9H,3-5,8H2,1-2H3,(H,18,19). The summed E-state index contributed by atoms with van der Waals surface area (Å²) in [5.41, 5.74) is 3.39. The Labute approximate surface area is 129 Å². The van der Waals surface area contributed by atoms with Crippen LogP contribution >= 0.6 is 23.2 Å². The maximum Gasteiger partial charge on any atom is 0.240 e. The Kier molecular flexibility index (Phi) is 7.41. The fraction of sp³-hybridized carbons (Fsp3) is 0.429. The SMILES string of the molecule is CCC(C)=NNC(=O)CCCOc1ccc(Cl)cc1Cl. The summed E-state index contributed by atoms with van der Waals surface area (Å²) in [6, 6.07) is 5.03. The average Bonchev–Trinajstić information content (AvgIpc) is 2.42. The smallest absolute Gasteiger partial charge is 0.240 e. The molecule has 0 spiro atoms. The first-order valence-electron chi connectivity index (χ1n) is 6.42. The summed E-state index contributed by atoms with van der Waals surface area (Å²) in [6.07, 6.45) is 1.76. The Morgan fingerprint density at radius 3 is 2.80 bits per heavy atom. The molecule has 1 aromatic rings. The van der Waals surface area contributed by atoms with E-state index < -0.39 is 0 Å². The van der Waals surface area contributed by atoms with E-state index in [2.05, 4.69) is 10.5 Å². The van der Waals surface area contributed by atoms with Gasteiger partial charge in [-0.1, -0.05) is 30.1 Å². The molecule has 1 rings (SSSR count). The zero-order valence-corrected chi connectivity index (χ0v) is 13.1. The second kappa shape index (κ2) is 8.82. The summed E-state index contributed by atoms with van der Waals surface area (Å²) in [7, 11) is 0. The molecule has 6 heteroatoms. The molecule has 1 N–H and O–H groups in total. The van der Waals surface area contributed by atoms with E-state index in [1.54, 1.807) is 18.2 Å². The van der Waals surface area contributed by atoms with Gasteiger partial charge < -0.3 is 4.74 Å². The van der Waals surface area contributed by atoms with Crippen molar-refractivity contribution in [2.45, 2.75) is 33.1 Å². The Bertz CT molecular complexity index is 490. The highest BCUT2D eigenvalue weighted by molar-refractivity contribution is 6.35. The molecule has 20 heavy (non-hydrogen) atoms. The maximum absolute atomic E-state index is 11.5. The van der Waals surface area contributed by atoms with Gasteiger partial charge in [0.2, 0.25) is 5.91 Å². The number of hydrogen-bond acceptors (Lipinski definition) is 3. The molecule has 0 unspecified atom stereocenters. The molecule has 0 atom stereocenters. The number of ether oxygens (including phenoxy) is 1. The van der Waals surface area contributed by atoms with Gasteiger partial charge in [-0.25, -0.2) is 5.43 Å². The Morgan fingerprint density at radius 1 is 1.40 bits per heavy atom. The third kappa shape index (κ3) is 6.26. The van der Waals surface area contributed by atoms with Gasteiger partial charge in [-0.3, -0.25) is 4.79 Å². The van der Waals surface area contributed by atoms with Crippen molar-refractivity contribution >= 4 is 34.8 Å². The van der Waals surface area contributed by atoms with Crippen molar-refractivity contribution in [3.8, 4) is 5.75 Å². The summed E-state index contributed by atoms with van der Waals surface area (Å²) < 4.78 is 5.48. The largest absolute Gasteiger partial charge is 0.492 e. The van der Waals surface area contributed by atoms with Crippen molar-refractivity contribution in [2.75, 3.05) is 6.61 Å². The number of hydrogen-bond donors (Lipinski definition) is 1. The van der Waals surface area contributed by atoms with Crippen LogP contribution in [0.25, 0.3) is 0 Å². The normalized spacial score (nSPS) is 11.3. The molecule has 110 valence electrons. The van der Waals surface area contributed by atoms with Crippen molar-refractivity contribution < 1.29 is 9.53 Å². The molecule has 0 radical (unpaired) electrons. The van der Waals surface area contributed by atoms with Crippen LogP contribution in [0.15, 0.2) is 23.3 Å². The second-order valence-corrected chi connectivity index (χ2v) is 5.11. The minimum Gasteiger partial charge on any atom is -0.492 e. The van der Waals surface area contributed by atoms with Crippen LogP contribution in [0.4, 0.5) is 0 Å². The number of benzene rings is 1. The average molecular weight is 317 g/mol. The van der Waals surface area contributed by atoms with E-state index in [0.29, 0.717) is 35.2 Å². The monoisotopic (exact) mass is 316 g/mol. The van der Waals surface area contributed by atoms with Gasteiger partial charge in [0.15, 0.2) is 0 Å². The quantitative estimate of drug-likeness (QED) is 0.468. The van der Waals surface area contributed by atoms with Crippen LogP contribution in [0.5, 0.6) is 5.75 Å². The summed E-state index contributed by atoms with van der Waals surface area (Å²) in [4.78, 5) is 11.5. The van der Waals surface area contributed by atoms with E-state index in [1.165, 1.54) is 0 Å². The minimum atomic E-state index is -0.122. The lowest BCUT2D eigenvalue weighted by molar-refractivity contribution is -0.121. The molecular formula is C14H18Cl2N2O2. The zero-order valence-electron chi connectivity index (χ0n) is 11.6. The molecule has 0 bridgehead atoms. The van der Waals surface area contributed by atoms with Crippen LogP contribution in [0.3, 0.4) is 0 Å². The summed E-state index contributed by atoms with van der Waals surface area (Å²) in [5.74, 6) is 0.444. The number of carbonyl (C=O) groups is 1. The number of rotatable bonds is 7. The topological polar surface area (TPSA) is 50.7 Å². The highest BCUT2D eigenvalue weighted by Crippen LogP contribution is 2.27. The van der Waals surface area contributed by atoms with E-state index in [-0.39, 0.29) is 5.91 Å². The number of nitrogens with one attached hydrogen (secondary N) is 1. The summed E-state index contributed by atoms with van der Waals surface area (Å²) in [6.45, 7) is 4.26. The zero-order chi connectivity index (χ0) is 15.0. The summed E-state index contributed by atoms with van der Waals surface area (Å²) >= 11 is 11.8. The molecule has 0 aliphatic rings. The molecule has 1 amide bonds. The van der Waals surface area contributed by atoms with Crippen LogP contribution in [-0.4, -0.2) is 18.2 Å². The van der Waals surface area contributed by atoms with Crippen LogP contribution < -0.4 is 10.2 Å². The molecule has 0 aliphatic heterocycles. The van der Waals surface area contributed by atoms with Crippen molar-refractivity contribution in [1.82, 2.24) is 5.43 Å². The highest BCUT2D eigenvalue weighted by Gasteiger charge is 2.04. The first-order chi connectivity index (χ1) is 9.52. The van der Waals surface area contributed by atoms with Gasteiger partial charge in [-0.15, -0.1) is 0 Å². The number of halogens is 2. The molecule has 0 aliphatic carbocycles. The summed E-state index contributed by atoms with van der Waals surface area (Å²) in [5, 5.41) is 4.97. The second-order valence-electron chi connectivity index (χ2n) is 4.26. The van der Waals surface area contributed by atoms with Gasteiger partial charge in [-0.2, -0.15) is 5.10 Å². The lowest BCUT2D eigenvalue weighted by Crippen LogP contribution is -2.19. The molecule has 0 aromatic heterocycles. The minimum absolute atomic E-state index is 0.122. The van der Waals surface area contributed by atoms with Gasteiger partial charge >= 0.3 is 0 Å². The van der Waals surface area contributed by atoms with E-state index in [1.807, 2.05) is 13.8 Å². The molecule has 0 saturated heterocycles. The van der Waals surface area contributed by atoms with Gasteiger partial charge in [0.25, 0.3) is 0 Å². The molecular weight excluding hydrogens is 299 g/mol. The van der Waals surface area contributed by atoms with Crippen molar-refractivity contribution in [3.05, 3.63) is 28.2 Å². The first-order valence-corrected chi connectivity index (χ1v) is 7.18. The first kappa shape index (κ1) is 16.8. The van der Waals surface area contributed by atoms with E-state index in [4.69, 9.17) is 27.9 Å². The highest BCUT2D eigenvalue weighted by atomic mass is 35.5. The van der Waals surface area contributed by atoms with Gasteiger partial charge in [0.05, 0.1) is 11.6 Å². The predicted octanol–water partition coefficient (Wildman–Crippen LogP) is 4.05. The Balaban J connectivity index is 2.26. The third-order valence-electron chi connectivity index (χ3n) is 2.58. The molecule has 4 nitrogen and oxygen atoms in total. The van der Waals surface area contributed by atoms with Crippen molar-refractivity contribution in [2.24, 2.45) is 5.10 Å². The van der Waals surface area contributed by atoms with Crippen LogP contribution in [0, 0.1) is 0 Å². The predicted molar refractivity (Wildman–Crippen MR) is 82.7 cm³/mol. The fourth-order valence-corrected chi connectivity index (χ4v) is 1.76. The Morgan fingerprint density at radius 2 is 2.15 bits per heavy atom. The number of amides is 1. The Hall–Kier alpha value is -1.26. The molecule has 0 heterocycles. The van der Waals surface area contributed by atoms with Crippen LogP contribution in [0.1, 0.15) is 33.1 Å². The lowest BCUT2D eigenvalue weighted by Gasteiger charge is -2.07. The number of hydrazone groups is 1.